The quantitative estimate of drug-likeness (QED) is 0.0580. The van der Waals surface area contributed by atoms with Gasteiger partial charge in [0.15, 0.2) is 0 Å². The van der Waals surface area contributed by atoms with Gasteiger partial charge in [0.1, 0.15) is 12.8 Å². The van der Waals surface area contributed by atoms with Crippen molar-refractivity contribution in [1.29, 1.82) is 0 Å². The molecule has 2 aromatic carbocycles. The third-order valence-electron chi connectivity index (χ3n) is 5.03. The SMILES string of the molecule is C.C.C.C.C.C.O=C(O)CC(=O)Nc1ccc(SSc2ccc(NC(=O)CC(=O)O)cc2)cc1.O=C(O)CCCCC1CCSS1.[H-].[Na+]. The number of benzene rings is 2. The molecule has 3 rings (SSSR count). The predicted octanol–water partition coefficient (Wildman–Crippen LogP) is 7.03. The summed E-state index contributed by atoms with van der Waals surface area (Å²) in [6.45, 7) is 0. The van der Waals surface area contributed by atoms with Gasteiger partial charge in [-0.15, -0.1) is 0 Å². The van der Waals surface area contributed by atoms with Crippen LogP contribution in [-0.4, -0.2) is 56.0 Å². The molecule has 15 heteroatoms. The van der Waals surface area contributed by atoms with E-state index >= 15 is 0 Å². The second kappa shape index (κ2) is 32.7. The van der Waals surface area contributed by atoms with E-state index in [0.29, 0.717) is 17.8 Å². The number of carbonyl (C=O) groups is 5. The topological polar surface area (TPSA) is 170 Å². The first kappa shape index (κ1) is 57.5. The minimum absolute atomic E-state index is 0. The zero-order valence-corrected chi connectivity index (χ0v) is 27.6. The summed E-state index contributed by atoms with van der Waals surface area (Å²) in [7, 11) is 6.89. The third-order valence-corrected chi connectivity index (χ3v) is 10.5. The fraction of sp³-hybridized carbons (Fsp3) is 0.469. The molecule has 1 atom stereocenters. The number of hydrogen-bond donors (Lipinski definition) is 5. The average Bonchev–Trinajstić information content (AvgIpc) is 3.40. The molecule has 1 fully saturated rings. The minimum atomic E-state index is -1.19. The molecule has 0 saturated carbocycles. The van der Waals surface area contributed by atoms with Crippen molar-refractivity contribution in [2.45, 2.75) is 105 Å². The van der Waals surface area contributed by atoms with Crippen LogP contribution in [0, 0.1) is 0 Å². The van der Waals surface area contributed by atoms with Gasteiger partial charge in [-0.05, 0) is 67.8 Å². The smallest absolute Gasteiger partial charge is 1.00 e. The first-order chi connectivity index (χ1) is 19.1. The van der Waals surface area contributed by atoms with Crippen LogP contribution >= 0.6 is 43.2 Å². The van der Waals surface area contributed by atoms with Gasteiger partial charge in [0.2, 0.25) is 11.8 Å². The minimum Gasteiger partial charge on any atom is -1.00 e. The average molecular weight is 747 g/mol. The Balaban J connectivity index is -0.000000146. The number of carbonyl (C=O) groups excluding carboxylic acids is 2. The van der Waals surface area contributed by atoms with Gasteiger partial charge in [-0.3, -0.25) is 24.0 Å². The maximum absolute atomic E-state index is 11.4. The summed E-state index contributed by atoms with van der Waals surface area (Å²) in [5.41, 5.74) is 1.03. The zero-order valence-electron chi connectivity index (χ0n) is 23.4. The second-order valence-electron chi connectivity index (χ2n) is 8.42. The molecule has 1 aliphatic heterocycles. The van der Waals surface area contributed by atoms with Crippen LogP contribution in [0.3, 0.4) is 0 Å². The van der Waals surface area contributed by atoms with Crippen molar-refractivity contribution in [2.75, 3.05) is 16.4 Å². The van der Waals surface area contributed by atoms with Crippen LogP contribution in [0.15, 0.2) is 58.3 Å². The summed E-state index contributed by atoms with van der Waals surface area (Å²) in [5.74, 6) is -2.94. The number of carboxylic acid groups (broad SMARTS) is 3. The summed E-state index contributed by atoms with van der Waals surface area (Å²) in [6, 6.07) is 13.9. The van der Waals surface area contributed by atoms with Crippen LogP contribution in [0.4, 0.5) is 11.4 Å². The summed E-state index contributed by atoms with van der Waals surface area (Å²) < 4.78 is 0. The molecule has 0 spiro atoms. The number of aliphatic carboxylic acids is 3. The van der Waals surface area contributed by atoms with E-state index in [1.54, 1.807) is 48.5 Å². The number of unbranched alkanes of at least 4 members (excludes halogenated alkanes) is 1. The largest absolute Gasteiger partial charge is 1.00 e. The third kappa shape index (κ3) is 27.8. The number of amides is 2. The van der Waals surface area contributed by atoms with Crippen molar-refractivity contribution >= 4 is 84.3 Å². The summed E-state index contributed by atoms with van der Waals surface area (Å²) >= 11 is 0. The van der Waals surface area contributed by atoms with E-state index in [-0.39, 0.29) is 75.5 Å². The van der Waals surface area contributed by atoms with Gasteiger partial charge in [0, 0.05) is 38.6 Å². The molecule has 1 saturated heterocycles. The molecule has 0 radical (unpaired) electrons. The fourth-order valence-corrected chi connectivity index (χ4v) is 8.14. The van der Waals surface area contributed by atoms with E-state index in [4.69, 9.17) is 15.3 Å². The number of carboxylic acids is 3. The number of anilines is 2. The van der Waals surface area contributed by atoms with Gasteiger partial charge < -0.3 is 27.4 Å². The molecular weight excluding hydrogens is 692 g/mol. The van der Waals surface area contributed by atoms with Gasteiger partial charge in [0.25, 0.3) is 0 Å². The molecule has 2 amide bonds. The monoisotopic (exact) mass is 746 g/mol. The van der Waals surface area contributed by atoms with Crippen LogP contribution in [0.1, 0.15) is 90.9 Å². The zero-order chi connectivity index (χ0) is 29.3. The Labute approximate surface area is 321 Å². The summed E-state index contributed by atoms with van der Waals surface area (Å²) in [6.07, 6.45) is 3.59. The molecular formula is C32H55N2NaO8S4. The van der Waals surface area contributed by atoms with Crippen LogP contribution in [0.5, 0.6) is 0 Å². The molecule has 0 aromatic heterocycles. The van der Waals surface area contributed by atoms with E-state index in [2.05, 4.69) is 10.6 Å². The van der Waals surface area contributed by atoms with Gasteiger partial charge in [-0.25, -0.2) is 0 Å². The Bertz CT molecular complexity index is 1080. The van der Waals surface area contributed by atoms with Crippen molar-refractivity contribution in [3.8, 4) is 0 Å². The van der Waals surface area contributed by atoms with Crippen LogP contribution in [-0.2, 0) is 24.0 Å². The van der Waals surface area contributed by atoms with Crippen LogP contribution < -0.4 is 40.2 Å². The van der Waals surface area contributed by atoms with E-state index in [1.165, 1.54) is 40.2 Å². The van der Waals surface area contributed by atoms with E-state index < -0.39 is 42.6 Å². The molecule has 2 aromatic rings. The first-order valence-corrected chi connectivity index (χ1v) is 16.7. The Morgan fingerprint density at radius 2 is 1.09 bits per heavy atom. The number of hydrogen-bond acceptors (Lipinski definition) is 9. The number of rotatable bonds is 14. The summed E-state index contributed by atoms with van der Waals surface area (Å²) in [5, 5.41) is 31.3. The van der Waals surface area contributed by atoms with Crippen molar-refractivity contribution < 1.29 is 70.3 Å². The fourth-order valence-electron chi connectivity index (χ4n) is 3.18. The Kier molecular flexibility index (Phi) is 40.0. The van der Waals surface area contributed by atoms with Crippen molar-refractivity contribution in [1.82, 2.24) is 0 Å². The van der Waals surface area contributed by atoms with Gasteiger partial charge in [-0.2, -0.15) is 0 Å². The maximum atomic E-state index is 11.4. The van der Waals surface area contributed by atoms with Gasteiger partial charge in [0.05, 0.1) is 0 Å². The van der Waals surface area contributed by atoms with Crippen LogP contribution in [0.2, 0.25) is 0 Å². The van der Waals surface area contributed by atoms with Crippen LogP contribution in [0.25, 0.3) is 0 Å². The molecule has 1 heterocycles. The first-order valence-electron chi connectivity index (χ1n) is 12.2. The molecule has 47 heavy (non-hydrogen) atoms. The Morgan fingerprint density at radius 1 is 0.681 bits per heavy atom. The molecule has 1 aliphatic rings. The molecule has 0 bridgehead atoms. The number of nitrogens with one attached hydrogen (secondary N) is 2. The predicted molar refractivity (Wildman–Crippen MR) is 202 cm³/mol. The van der Waals surface area contributed by atoms with Gasteiger partial charge >= 0.3 is 47.5 Å². The molecule has 266 valence electrons. The van der Waals surface area contributed by atoms with E-state index in [0.717, 1.165) is 27.9 Å². The van der Waals surface area contributed by atoms with Crippen molar-refractivity contribution in [2.24, 2.45) is 0 Å². The molecule has 0 aliphatic carbocycles. The maximum Gasteiger partial charge on any atom is 1.00 e. The van der Waals surface area contributed by atoms with Gasteiger partial charge in [-0.1, -0.05) is 94.2 Å². The molecule has 5 N–H and O–H groups in total. The Morgan fingerprint density at radius 3 is 1.40 bits per heavy atom. The summed E-state index contributed by atoms with van der Waals surface area (Å²) in [4.78, 5) is 55.8. The molecule has 10 nitrogen and oxygen atoms in total. The Hall–Kier alpha value is -1.81. The normalized spacial score (nSPS) is 11.9. The standard InChI is InChI=1S/C18H16N2O6S2.C8H14O2S2.6CH4.Na.H/c21-15(9-17(23)24)19-11-1-5-13(6-2-11)27-28-14-7-3-12(4-8-14)20-16(22)10-18(25)26;9-8(10)4-2-1-3-7-5-6-11-12-7;;;;;;;;/h1-8H,9-10H2,(H,19,21)(H,20,22)(H,23,24)(H,25,26);7H,1-6H2,(H,9,10);6*1H4;;/q;;;;;;;;+1;-1. The van der Waals surface area contributed by atoms with E-state index in [1.807, 2.05) is 21.6 Å². The molecule has 1 unspecified atom stereocenters. The van der Waals surface area contributed by atoms with Crippen molar-refractivity contribution in [3.63, 3.8) is 0 Å². The van der Waals surface area contributed by atoms with E-state index in [9.17, 15) is 24.0 Å². The van der Waals surface area contributed by atoms with Crippen molar-refractivity contribution in [3.05, 3.63) is 48.5 Å². The second-order valence-corrected chi connectivity index (χ2v) is 13.5.